The van der Waals surface area contributed by atoms with Gasteiger partial charge in [-0.3, -0.25) is 9.69 Å². The summed E-state index contributed by atoms with van der Waals surface area (Å²) in [5, 5.41) is 2.81. The molecule has 2 aromatic carbocycles. The van der Waals surface area contributed by atoms with Crippen molar-refractivity contribution < 1.29 is 28.5 Å². The normalized spacial score (nSPS) is 20.1. The highest BCUT2D eigenvalue weighted by Gasteiger charge is 2.49. The molecule has 1 N–H and O–H groups in total. The van der Waals surface area contributed by atoms with Crippen molar-refractivity contribution in [2.24, 2.45) is 0 Å². The molecule has 1 saturated heterocycles. The number of hydrogen-bond donors (Lipinski definition) is 1. The Morgan fingerprint density at radius 1 is 1.07 bits per heavy atom. The standard InChI is InChI=1S/C21H22N2O6/c1-12-7-16(26-3)17(27-4)8-13(12)10-23-19(24)21(2,22-20(23)25)14-5-6-15-18(9-14)29-11-28-15/h5-9H,10-11H2,1-4H3,(H,22,25)/t21-/m1/s1. The number of rotatable bonds is 5. The monoisotopic (exact) mass is 398 g/mol. The van der Waals surface area contributed by atoms with Crippen molar-refractivity contribution in [3.63, 3.8) is 0 Å². The first kappa shape index (κ1) is 18.9. The molecule has 8 heteroatoms. The first-order chi connectivity index (χ1) is 13.9. The Balaban J connectivity index is 1.64. The molecule has 0 saturated carbocycles. The van der Waals surface area contributed by atoms with Crippen LogP contribution in [0.3, 0.4) is 0 Å². The van der Waals surface area contributed by atoms with E-state index in [1.54, 1.807) is 45.4 Å². The van der Waals surface area contributed by atoms with E-state index >= 15 is 0 Å². The Morgan fingerprint density at radius 3 is 2.48 bits per heavy atom. The lowest BCUT2D eigenvalue weighted by Gasteiger charge is -2.23. The summed E-state index contributed by atoms with van der Waals surface area (Å²) in [6.07, 6.45) is 0. The average Bonchev–Trinajstić information content (AvgIpc) is 3.27. The minimum atomic E-state index is -1.19. The molecule has 0 aliphatic carbocycles. The van der Waals surface area contributed by atoms with Gasteiger partial charge in [-0.25, -0.2) is 4.79 Å². The largest absolute Gasteiger partial charge is 0.493 e. The van der Waals surface area contributed by atoms with Gasteiger partial charge in [0, 0.05) is 0 Å². The van der Waals surface area contributed by atoms with Crippen molar-refractivity contribution in [3.8, 4) is 23.0 Å². The van der Waals surface area contributed by atoms with Crippen molar-refractivity contribution in [3.05, 3.63) is 47.0 Å². The summed E-state index contributed by atoms with van der Waals surface area (Å²) in [6, 6.07) is 8.38. The number of urea groups is 1. The van der Waals surface area contributed by atoms with Gasteiger partial charge in [-0.1, -0.05) is 6.07 Å². The van der Waals surface area contributed by atoms with Gasteiger partial charge < -0.3 is 24.3 Å². The molecule has 2 aromatic rings. The summed E-state index contributed by atoms with van der Waals surface area (Å²) in [5.41, 5.74) is 1.12. The second-order valence-electron chi connectivity index (χ2n) is 7.15. The Kier molecular flexibility index (Phi) is 4.49. The van der Waals surface area contributed by atoms with E-state index in [1.165, 1.54) is 4.90 Å². The minimum absolute atomic E-state index is 0.122. The summed E-state index contributed by atoms with van der Waals surface area (Å²) in [4.78, 5) is 27.1. The van der Waals surface area contributed by atoms with Crippen LogP contribution in [0.2, 0.25) is 0 Å². The lowest BCUT2D eigenvalue weighted by molar-refractivity contribution is -0.131. The molecule has 152 valence electrons. The molecule has 1 fully saturated rings. The van der Waals surface area contributed by atoms with E-state index in [9.17, 15) is 9.59 Å². The minimum Gasteiger partial charge on any atom is -0.493 e. The molecule has 0 unspecified atom stereocenters. The number of carbonyl (C=O) groups excluding carboxylic acids is 2. The number of carbonyl (C=O) groups is 2. The SMILES string of the molecule is COc1cc(C)c(CN2C(=O)N[C@](C)(c3ccc4c(c3)OCO4)C2=O)cc1OC. The van der Waals surface area contributed by atoms with E-state index in [2.05, 4.69) is 5.32 Å². The maximum atomic E-state index is 13.2. The van der Waals surface area contributed by atoms with E-state index in [0.29, 0.717) is 28.6 Å². The van der Waals surface area contributed by atoms with Crippen LogP contribution >= 0.6 is 0 Å². The van der Waals surface area contributed by atoms with Crippen molar-refractivity contribution >= 4 is 11.9 Å². The molecule has 8 nitrogen and oxygen atoms in total. The smallest absolute Gasteiger partial charge is 0.325 e. The Morgan fingerprint density at radius 2 is 1.76 bits per heavy atom. The van der Waals surface area contributed by atoms with Crippen molar-refractivity contribution in [1.29, 1.82) is 0 Å². The topological polar surface area (TPSA) is 86.3 Å². The fraction of sp³-hybridized carbons (Fsp3) is 0.333. The maximum absolute atomic E-state index is 13.2. The highest BCUT2D eigenvalue weighted by molar-refractivity contribution is 6.07. The number of aryl methyl sites for hydroxylation is 1. The summed E-state index contributed by atoms with van der Waals surface area (Å²) in [6.45, 7) is 3.84. The number of nitrogens with one attached hydrogen (secondary N) is 1. The van der Waals surface area contributed by atoms with E-state index in [0.717, 1.165) is 11.1 Å². The molecule has 2 aliphatic heterocycles. The van der Waals surface area contributed by atoms with Crippen LogP contribution in [-0.2, 0) is 16.9 Å². The lowest BCUT2D eigenvalue weighted by atomic mass is 9.91. The second kappa shape index (κ2) is 6.88. The van der Waals surface area contributed by atoms with Crippen LogP contribution in [0.4, 0.5) is 4.79 Å². The Labute approximate surface area is 168 Å². The molecule has 29 heavy (non-hydrogen) atoms. The third-order valence-corrected chi connectivity index (χ3v) is 5.40. The van der Waals surface area contributed by atoms with E-state index in [-0.39, 0.29) is 19.2 Å². The molecule has 0 spiro atoms. The van der Waals surface area contributed by atoms with E-state index in [1.807, 2.05) is 13.0 Å². The molecular weight excluding hydrogens is 376 g/mol. The zero-order valence-corrected chi connectivity index (χ0v) is 16.7. The molecule has 2 aliphatic rings. The van der Waals surface area contributed by atoms with Gasteiger partial charge in [0.1, 0.15) is 5.54 Å². The van der Waals surface area contributed by atoms with Crippen LogP contribution in [0, 0.1) is 6.92 Å². The third-order valence-electron chi connectivity index (χ3n) is 5.40. The summed E-state index contributed by atoms with van der Waals surface area (Å²) in [7, 11) is 3.10. The number of imide groups is 1. The number of hydrogen-bond acceptors (Lipinski definition) is 6. The number of amides is 3. The average molecular weight is 398 g/mol. The second-order valence-corrected chi connectivity index (χ2v) is 7.15. The van der Waals surface area contributed by atoms with Gasteiger partial charge in [-0.2, -0.15) is 0 Å². The molecule has 4 rings (SSSR count). The number of ether oxygens (including phenoxy) is 4. The predicted octanol–water partition coefficient (Wildman–Crippen LogP) is 2.71. The molecule has 0 aromatic heterocycles. The number of nitrogens with zero attached hydrogens (tertiary/aromatic N) is 1. The Hall–Kier alpha value is -3.42. The zero-order chi connectivity index (χ0) is 20.8. The molecule has 0 bridgehead atoms. The summed E-state index contributed by atoms with van der Waals surface area (Å²) in [5.74, 6) is 1.97. The van der Waals surface area contributed by atoms with Crippen LogP contribution in [-0.4, -0.2) is 37.9 Å². The molecule has 2 heterocycles. The van der Waals surface area contributed by atoms with Gasteiger partial charge in [0.15, 0.2) is 23.0 Å². The van der Waals surface area contributed by atoms with Gasteiger partial charge in [-0.15, -0.1) is 0 Å². The fourth-order valence-electron chi connectivity index (χ4n) is 3.61. The first-order valence-electron chi connectivity index (χ1n) is 9.13. The van der Waals surface area contributed by atoms with Gasteiger partial charge in [0.25, 0.3) is 5.91 Å². The zero-order valence-electron chi connectivity index (χ0n) is 16.7. The van der Waals surface area contributed by atoms with Crippen LogP contribution in [0.1, 0.15) is 23.6 Å². The van der Waals surface area contributed by atoms with Crippen molar-refractivity contribution in [2.75, 3.05) is 21.0 Å². The van der Waals surface area contributed by atoms with Crippen LogP contribution in [0.25, 0.3) is 0 Å². The highest BCUT2D eigenvalue weighted by atomic mass is 16.7. The quantitative estimate of drug-likeness (QED) is 0.780. The lowest BCUT2D eigenvalue weighted by Crippen LogP contribution is -2.40. The fourth-order valence-corrected chi connectivity index (χ4v) is 3.61. The summed E-state index contributed by atoms with van der Waals surface area (Å²) >= 11 is 0. The first-order valence-corrected chi connectivity index (χ1v) is 9.13. The van der Waals surface area contributed by atoms with Crippen molar-refractivity contribution in [2.45, 2.75) is 25.9 Å². The van der Waals surface area contributed by atoms with E-state index in [4.69, 9.17) is 18.9 Å². The van der Waals surface area contributed by atoms with Crippen LogP contribution < -0.4 is 24.3 Å². The van der Waals surface area contributed by atoms with Gasteiger partial charge in [0.05, 0.1) is 20.8 Å². The van der Waals surface area contributed by atoms with E-state index < -0.39 is 11.6 Å². The Bertz CT molecular complexity index is 1000. The molecule has 1 atom stereocenters. The van der Waals surface area contributed by atoms with Crippen LogP contribution in [0.5, 0.6) is 23.0 Å². The van der Waals surface area contributed by atoms with Gasteiger partial charge >= 0.3 is 6.03 Å². The van der Waals surface area contributed by atoms with Crippen LogP contribution in [0.15, 0.2) is 30.3 Å². The van der Waals surface area contributed by atoms with Crippen molar-refractivity contribution in [1.82, 2.24) is 10.2 Å². The van der Waals surface area contributed by atoms with Gasteiger partial charge in [0.2, 0.25) is 6.79 Å². The predicted molar refractivity (Wildman–Crippen MR) is 103 cm³/mol. The number of fused-ring (bicyclic) bond motifs is 1. The maximum Gasteiger partial charge on any atom is 0.325 e. The highest BCUT2D eigenvalue weighted by Crippen LogP contribution is 2.38. The third kappa shape index (κ3) is 3.00. The molecular formula is C21H22N2O6. The number of benzene rings is 2. The summed E-state index contributed by atoms with van der Waals surface area (Å²) < 4.78 is 21.4. The molecule has 0 radical (unpaired) electrons. The van der Waals surface area contributed by atoms with Gasteiger partial charge in [-0.05, 0) is 54.8 Å². The molecule has 3 amide bonds. The number of methoxy groups -OCH3 is 2.